The van der Waals surface area contributed by atoms with Gasteiger partial charge in [0.05, 0.1) is 18.8 Å². The number of carbonyl (C=O) groups excluding carboxylic acids is 1. The lowest BCUT2D eigenvalue weighted by Crippen LogP contribution is -2.50. The zero-order valence-electron chi connectivity index (χ0n) is 50.5. The molecule has 0 rings (SSSR count). The summed E-state index contributed by atoms with van der Waals surface area (Å²) in [6.07, 6.45) is 83.9. The van der Waals surface area contributed by atoms with E-state index in [1.54, 1.807) is 0 Å². The number of allylic oxidation sites excluding steroid dienone is 4. The van der Waals surface area contributed by atoms with Crippen LogP contribution < -0.4 is 5.32 Å². The van der Waals surface area contributed by atoms with Gasteiger partial charge in [0.25, 0.3) is 0 Å². The summed E-state index contributed by atoms with van der Waals surface area (Å²) in [5.74, 6) is -0.137. The highest BCUT2D eigenvalue weighted by Gasteiger charge is 2.26. The predicted octanol–water partition coefficient (Wildman–Crippen LogP) is 22.0. The van der Waals surface area contributed by atoms with Crippen LogP contribution in [-0.4, -0.2) is 46.1 Å². The van der Waals surface area contributed by atoms with Gasteiger partial charge in [-0.05, 0) is 44.9 Å². The van der Waals surface area contributed by atoms with Crippen LogP contribution in [0.4, 0.5) is 0 Å². The van der Waals surface area contributed by atoms with Crippen LogP contribution in [-0.2, 0) is 4.79 Å². The fourth-order valence-electron chi connectivity index (χ4n) is 11.1. The van der Waals surface area contributed by atoms with Crippen molar-refractivity contribution in [3.8, 4) is 0 Å². The van der Waals surface area contributed by atoms with Crippen LogP contribution in [0.2, 0.25) is 0 Å². The number of rotatable bonds is 64. The molecule has 0 aromatic rings. The van der Waals surface area contributed by atoms with Crippen LogP contribution in [0.5, 0.6) is 0 Å². The Labute approximate surface area is 464 Å². The molecule has 0 spiro atoms. The molecular weight excluding hydrogens is 907 g/mol. The Hall–Kier alpha value is -1.17. The fraction of sp³-hybridized carbons (Fsp3) is 0.928. The van der Waals surface area contributed by atoms with Crippen molar-refractivity contribution < 1.29 is 20.1 Å². The van der Waals surface area contributed by atoms with Gasteiger partial charge in [0.15, 0.2) is 0 Å². The summed E-state index contributed by atoms with van der Waals surface area (Å²) in [7, 11) is 0. The third-order valence-corrected chi connectivity index (χ3v) is 16.3. The third-order valence-electron chi connectivity index (χ3n) is 16.3. The van der Waals surface area contributed by atoms with Gasteiger partial charge in [-0.25, -0.2) is 0 Å². The Morgan fingerprint density at radius 2 is 0.581 bits per heavy atom. The van der Waals surface area contributed by atoms with Crippen molar-refractivity contribution in [2.45, 2.75) is 405 Å². The summed E-state index contributed by atoms with van der Waals surface area (Å²) in [4.78, 5) is 12.6. The first-order valence-electron chi connectivity index (χ1n) is 34.1. The normalized spacial score (nSPS) is 13.2. The fourth-order valence-corrected chi connectivity index (χ4v) is 11.1. The molecule has 0 aliphatic heterocycles. The van der Waals surface area contributed by atoms with E-state index in [0.29, 0.717) is 12.8 Å². The molecule has 1 amide bonds. The molecule has 0 bridgehead atoms. The zero-order valence-corrected chi connectivity index (χ0v) is 50.5. The minimum Gasteiger partial charge on any atom is -0.394 e. The van der Waals surface area contributed by atoms with Crippen LogP contribution in [0.25, 0.3) is 0 Å². The van der Waals surface area contributed by atoms with Gasteiger partial charge in [0.1, 0.15) is 6.10 Å². The quantitative estimate of drug-likeness (QED) is 0.0361. The van der Waals surface area contributed by atoms with Gasteiger partial charge in [-0.2, -0.15) is 0 Å². The second-order valence-electron chi connectivity index (χ2n) is 23.7. The van der Waals surface area contributed by atoms with Crippen molar-refractivity contribution >= 4 is 5.91 Å². The number of carbonyl (C=O) groups is 1. The first kappa shape index (κ1) is 72.8. The molecular formula is C69H135NO4. The maximum absolute atomic E-state index is 12.6. The van der Waals surface area contributed by atoms with Gasteiger partial charge >= 0.3 is 0 Å². The van der Waals surface area contributed by atoms with E-state index in [1.807, 2.05) is 0 Å². The largest absolute Gasteiger partial charge is 0.394 e. The van der Waals surface area contributed by atoms with Gasteiger partial charge in [-0.3, -0.25) is 4.79 Å². The first-order chi connectivity index (χ1) is 36.6. The number of unbranched alkanes of at least 4 members (excludes halogenated alkanes) is 52. The van der Waals surface area contributed by atoms with Gasteiger partial charge < -0.3 is 20.6 Å². The smallest absolute Gasteiger partial charge is 0.220 e. The molecule has 0 aromatic carbocycles. The van der Waals surface area contributed by atoms with Crippen molar-refractivity contribution in [1.82, 2.24) is 5.32 Å². The molecule has 3 unspecified atom stereocenters. The molecule has 5 heteroatoms. The Bertz CT molecular complexity index is 1110. The van der Waals surface area contributed by atoms with E-state index in [-0.39, 0.29) is 12.5 Å². The van der Waals surface area contributed by atoms with Gasteiger partial charge in [0, 0.05) is 6.42 Å². The molecule has 0 aliphatic rings. The minimum absolute atomic E-state index is 0.137. The standard InChI is InChI=1S/C69H135NO4/c1-3-5-7-9-11-13-15-17-19-21-23-25-26-27-28-29-30-31-32-33-34-35-36-37-38-39-40-41-42-44-46-48-50-52-54-56-58-60-62-64-68(73)70-66(65-71)69(74)67(72)63-61-59-57-55-53-51-49-47-45-43-24-22-20-18-16-14-12-10-8-6-4-2/h30-31,33-34,66-67,69,71-72,74H,3-29,32,35-65H2,1-2H3,(H,70,73)/b31-30-,34-33-. The molecule has 440 valence electrons. The number of nitrogens with one attached hydrogen (secondary N) is 1. The number of amides is 1. The highest BCUT2D eigenvalue weighted by atomic mass is 16.3. The summed E-state index contributed by atoms with van der Waals surface area (Å²) in [6.45, 7) is 4.23. The molecule has 0 heterocycles. The summed E-state index contributed by atoms with van der Waals surface area (Å²) in [5.41, 5.74) is 0. The maximum Gasteiger partial charge on any atom is 0.220 e. The van der Waals surface area contributed by atoms with Gasteiger partial charge in [-0.15, -0.1) is 0 Å². The van der Waals surface area contributed by atoms with Crippen LogP contribution in [0, 0.1) is 0 Å². The molecule has 5 nitrogen and oxygen atoms in total. The molecule has 0 radical (unpaired) electrons. The lowest BCUT2D eigenvalue weighted by molar-refractivity contribution is -0.124. The number of aliphatic hydroxyl groups is 3. The van der Waals surface area contributed by atoms with Crippen molar-refractivity contribution in [3.63, 3.8) is 0 Å². The Morgan fingerprint density at radius 3 is 0.851 bits per heavy atom. The Balaban J connectivity index is 3.45. The summed E-state index contributed by atoms with van der Waals surface area (Å²) >= 11 is 0. The van der Waals surface area contributed by atoms with Crippen molar-refractivity contribution in [2.75, 3.05) is 6.61 Å². The molecule has 3 atom stereocenters. The van der Waals surface area contributed by atoms with E-state index in [0.717, 1.165) is 38.5 Å². The molecule has 74 heavy (non-hydrogen) atoms. The molecule has 0 saturated heterocycles. The summed E-state index contributed by atoms with van der Waals surface area (Å²) < 4.78 is 0. The van der Waals surface area contributed by atoms with E-state index < -0.39 is 18.2 Å². The minimum atomic E-state index is -1.14. The van der Waals surface area contributed by atoms with E-state index in [2.05, 4.69) is 43.5 Å². The SMILES string of the molecule is CCCCCCCCCCCCCCCCC/C=C\C/C=C\CCCCCCCCCCCCCCCCCCCC(=O)NC(CO)C(O)C(O)CCCCCCCCCCCCCCCCCCCCCCC. The number of aliphatic hydroxyl groups excluding tert-OH is 3. The Kier molecular flexibility index (Phi) is 63.3. The highest BCUT2D eigenvalue weighted by Crippen LogP contribution is 2.19. The third kappa shape index (κ3) is 58.5. The number of hydrogen-bond donors (Lipinski definition) is 4. The second kappa shape index (κ2) is 64.4. The number of hydrogen-bond acceptors (Lipinski definition) is 4. The maximum atomic E-state index is 12.6. The molecule has 0 aromatic heterocycles. The van der Waals surface area contributed by atoms with Crippen LogP contribution in [0.3, 0.4) is 0 Å². The highest BCUT2D eigenvalue weighted by molar-refractivity contribution is 5.76. The van der Waals surface area contributed by atoms with Crippen LogP contribution >= 0.6 is 0 Å². The van der Waals surface area contributed by atoms with Crippen LogP contribution in [0.15, 0.2) is 24.3 Å². The molecule has 0 saturated carbocycles. The van der Waals surface area contributed by atoms with Crippen LogP contribution in [0.1, 0.15) is 386 Å². The zero-order chi connectivity index (χ0) is 53.6. The van der Waals surface area contributed by atoms with Crippen molar-refractivity contribution in [2.24, 2.45) is 0 Å². The second-order valence-corrected chi connectivity index (χ2v) is 23.7. The first-order valence-corrected chi connectivity index (χ1v) is 34.1. The lowest BCUT2D eigenvalue weighted by atomic mass is 9.99. The van der Waals surface area contributed by atoms with Crippen molar-refractivity contribution in [3.05, 3.63) is 24.3 Å². The molecule has 0 fully saturated rings. The topological polar surface area (TPSA) is 89.8 Å². The Morgan fingerprint density at radius 1 is 0.338 bits per heavy atom. The van der Waals surface area contributed by atoms with E-state index >= 15 is 0 Å². The molecule has 4 N–H and O–H groups in total. The summed E-state index contributed by atoms with van der Waals surface area (Å²) in [6, 6.07) is -0.809. The van der Waals surface area contributed by atoms with Gasteiger partial charge in [-0.1, -0.05) is 359 Å². The lowest BCUT2D eigenvalue weighted by Gasteiger charge is -2.26. The van der Waals surface area contributed by atoms with Gasteiger partial charge in [0.2, 0.25) is 5.91 Å². The van der Waals surface area contributed by atoms with E-state index in [9.17, 15) is 20.1 Å². The molecule has 0 aliphatic carbocycles. The summed E-state index contributed by atoms with van der Waals surface area (Å²) in [5, 5.41) is 33.9. The van der Waals surface area contributed by atoms with E-state index in [4.69, 9.17) is 0 Å². The average molecular weight is 1040 g/mol. The van der Waals surface area contributed by atoms with E-state index in [1.165, 1.54) is 321 Å². The monoisotopic (exact) mass is 1040 g/mol. The van der Waals surface area contributed by atoms with Crippen molar-refractivity contribution in [1.29, 1.82) is 0 Å². The average Bonchev–Trinajstić information content (AvgIpc) is 3.41. The predicted molar refractivity (Wildman–Crippen MR) is 328 cm³/mol.